The van der Waals surface area contributed by atoms with Gasteiger partial charge in [-0.25, -0.2) is 9.97 Å². The minimum Gasteiger partial charge on any atom is -0.321 e. The van der Waals surface area contributed by atoms with Crippen molar-refractivity contribution in [2.24, 2.45) is 7.05 Å². The number of aromatic nitrogens is 4. The highest BCUT2D eigenvalue weighted by Crippen LogP contribution is 2.31. The first-order chi connectivity index (χ1) is 10.3. The molecule has 4 rings (SSSR count). The van der Waals surface area contributed by atoms with Crippen LogP contribution in [0.5, 0.6) is 0 Å². The van der Waals surface area contributed by atoms with Crippen LogP contribution in [0.4, 0.5) is 11.6 Å². The number of hydrogen-bond acceptors (Lipinski definition) is 5. The lowest BCUT2D eigenvalue weighted by atomic mass is 10.0. The average Bonchev–Trinajstić information content (AvgIpc) is 3.04. The van der Waals surface area contributed by atoms with Gasteiger partial charge in [-0.3, -0.25) is 4.68 Å². The first-order valence-corrected chi connectivity index (χ1v) is 7.32. The Morgan fingerprint density at radius 3 is 3.05 bits per heavy atom. The lowest BCUT2D eigenvalue weighted by Crippen LogP contribution is -2.32. The number of fused-ring (bicyclic) bond motifs is 2. The molecule has 2 atom stereocenters. The van der Waals surface area contributed by atoms with Crippen molar-refractivity contribution in [1.82, 2.24) is 25.1 Å². The molecule has 2 unspecified atom stereocenters. The molecular weight excluding hydrogens is 300 g/mol. The number of nitrogens with one attached hydrogen (secondary N) is 2. The maximum atomic E-state index is 4.64. The van der Waals surface area contributed by atoms with Crippen molar-refractivity contribution < 1.29 is 0 Å². The molecule has 0 aliphatic carbocycles. The number of rotatable bonds is 3. The number of hydrogen-bond donors (Lipinski definition) is 2. The Bertz CT molecular complexity index is 695. The monoisotopic (exact) mass is 318 g/mol. The van der Waals surface area contributed by atoms with Gasteiger partial charge in [-0.05, 0) is 30.9 Å². The van der Waals surface area contributed by atoms with Crippen LogP contribution in [0.2, 0.25) is 0 Å². The predicted molar refractivity (Wildman–Crippen MR) is 88.3 cm³/mol. The number of aryl methyl sites for hydroxylation is 1. The topological polar surface area (TPSA) is 67.7 Å². The van der Waals surface area contributed by atoms with E-state index >= 15 is 0 Å². The molecule has 116 valence electrons. The smallest absolute Gasteiger partial charge is 0.227 e. The zero-order chi connectivity index (χ0) is 14.2. The van der Waals surface area contributed by atoms with Gasteiger partial charge < -0.3 is 10.6 Å². The molecular formula is C15H19ClN6. The summed E-state index contributed by atoms with van der Waals surface area (Å²) in [4.78, 5) is 8.93. The molecule has 4 heterocycles. The highest BCUT2D eigenvalue weighted by molar-refractivity contribution is 5.85. The van der Waals surface area contributed by atoms with Gasteiger partial charge in [-0.1, -0.05) is 6.08 Å². The molecule has 2 aliphatic rings. The van der Waals surface area contributed by atoms with E-state index in [-0.39, 0.29) is 12.4 Å². The van der Waals surface area contributed by atoms with Crippen LogP contribution in [0.1, 0.15) is 25.0 Å². The van der Waals surface area contributed by atoms with E-state index in [0.29, 0.717) is 18.0 Å². The lowest BCUT2D eigenvalue weighted by Gasteiger charge is -2.21. The van der Waals surface area contributed by atoms with Gasteiger partial charge in [0.15, 0.2) is 0 Å². The van der Waals surface area contributed by atoms with Crippen molar-refractivity contribution in [2.75, 3.05) is 5.32 Å². The fourth-order valence-corrected chi connectivity index (χ4v) is 3.12. The van der Waals surface area contributed by atoms with E-state index in [1.807, 2.05) is 25.5 Å². The van der Waals surface area contributed by atoms with Crippen molar-refractivity contribution in [3.05, 3.63) is 36.4 Å². The van der Waals surface area contributed by atoms with Crippen molar-refractivity contribution in [3.63, 3.8) is 0 Å². The van der Waals surface area contributed by atoms with E-state index in [2.05, 4.69) is 31.8 Å². The van der Waals surface area contributed by atoms with Gasteiger partial charge in [-0.2, -0.15) is 5.10 Å². The Hall–Kier alpha value is -1.92. The van der Waals surface area contributed by atoms with Crippen LogP contribution in [0.15, 0.2) is 30.7 Å². The average molecular weight is 319 g/mol. The zero-order valence-corrected chi connectivity index (χ0v) is 13.2. The van der Waals surface area contributed by atoms with E-state index < -0.39 is 0 Å². The third-order valence-corrected chi connectivity index (χ3v) is 4.09. The molecule has 0 amide bonds. The molecule has 0 saturated carbocycles. The Morgan fingerprint density at radius 1 is 1.36 bits per heavy atom. The molecule has 0 spiro atoms. The van der Waals surface area contributed by atoms with Crippen molar-refractivity contribution in [2.45, 2.75) is 31.3 Å². The SMILES string of the molecule is Cl.Cn1cc(Nc2nccc(C3=CC4CCC(C3)N4)n2)cn1. The molecule has 6 nitrogen and oxygen atoms in total. The van der Waals surface area contributed by atoms with Gasteiger partial charge in [-0.15, -0.1) is 12.4 Å². The molecule has 2 aliphatic heterocycles. The van der Waals surface area contributed by atoms with Gasteiger partial charge >= 0.3 is 0 Å². The van der Waals surface area contributed by atoms with E-state index in [9.17, 15) is 0 Å². The van der Waals surface area contributed by atoms with Crippen molar-refractivity contribution in [1.29, 1.82) is 0 Å². The highest BCUT2D eigenvalue weighted by Gasteiger charge is 2.28. The van der Waals surface area contributed by atoms with Gasteiger partial charge in [0, 0.05) is 31.5 Å². The van der Waals surface area contributed by atoms with E-state index in [1.54, 1.807) is 10.9 Å². The molecule has 2 N–H and O–H groups in total. The molecule has 7 heteroatoms. The summed E-state index contributed by atoms with van der Waals surface area (Å²) in [5, 5.41) is 10.9. The normalized spacial score (nSPS) is 22.9. The molecule has 0 radical (unpaired) electrons. The molecule has 22 heavy (non-hydrogen) atoms. The first-order valence-electron chi connectivity index (χ1n) is 7.32. The highest BCUT2D eigenvalue weighted by atomic mass is 35.5. The third-order valence-electron chi connectivity index (χ3n) is 4.09. The standard InChI is InChI=1S/C15H18N6.ClH/c1-21-9-13(8-17-21)19-15-16-5-4-14(20-15)10-6-11-2-3-12(7-10)18-11;/h4-6,8-9,11-12,18H,2-3,7H2,1H3,(H,16,19,20);1H. The van der Waals surface area contributed by atoms with Crippen molar-refractivity contribution in [3.8, 4) is 0 Å². The molecule has 2 bridgehead atoms. The fourth-order valence-electron chi connectivity index (χ4n) is 3.12. The van der Waals surface area contributed by atoms with Crippen LogP contribution in [-0.2, 0) is 7.05 Å². The van der Waals surface area contributed by atoms with Gasteiger partial charge in [0.2, 0.25) is 5.95 Å². The van der Waals surface area contributed by atoms with Crippen LogP contribution < -0.4 is 10.6 Å². The minimum atomic E-state index is 0. The van der Waals surface area contributed by atoms with Gasteiger partial charge in [0.25, 0.3) is 0 Å². The summed E-state index contributed by atoms with van der Waals surface area (Å²) in [6.45, 7) is 0. The lowest BCUT2D eigenvalue weighted by molar-refractivity contribution is 0.574. The summed E-state index contributed by atoms with van der Waals surface area (Å²) >= 11 is 0. The third kappa shape index (κ3) is 2.98. The van der Waals surface area contributed by atoms with Crippen LogP contribution in [0.3, 0.4) is 0 Å². The molecule has 2 aromatic heterocycles. The fraction of sp³-hybridized carbons (Fsp3) is 0.400. The first kappa shape index (κ1) is 15.0. The zero-order valence-electron chi connectivity index (χ0n) is 12.4. The minimum absolute atomic E-state index is 0. The summed E-state index contributed by atoms with van der Waals surface area (Å²) in [7, 11) is 1.89. The number of nitrogens with zero attached hydrogens (tertiary/aromatic N) is 4. The van der Waals surface area contributed by atoms with Crippen LogP contribution in [0, 0.1) is 0 Å². The summed E-state index contributed by atoms with van der Waals surface area (Å²) in [5.41, 5.74) is 3.25. The van der Waals surface area contributed by atoms with E-state index in [0.717, 1.165) is 17.8 Å². The van der Waals surface area contributed by atoms with Crippen LogP contribution >= 0.6 is 12.4 Å². The second-order valence-corrected chi connectivity index (χ2v) is 5.74. The second-order valence-electron chi connectivity index (χ2n) is 5.74. The summed E-state index contributed by atoms with van der Waals surface area (Å²) in [6, 6.07) is 3.12. The Labute approximate surface area is 135 Å². The summed E-state index contributed by atoms with van der Waals surface area (Å²) in [5.74, 6) is 0.618. The van der Waals surface area contributed by atoms with Crippen LogP contribution in [-0.4, -0.2) is 31.8 Å². The summed E-state index contributed by atoms with van der Waals surface area (Å²) < 4.78 is 1.75. The Kier molecular flexibility index (Phi) is 4.13. The maximum Gasteiger partial charge on any atom is 0.227 e. The molecule has 2 aromatic rings. The summed E-state index contributed by atoms with van der Waals surface area (Å²) in [6.07, 6.45) is 11.3. The van der Waals surface area contributed by atoms with Crippen molar-refractivity contribution >= 4 is 29.6 Å². The Morgan fingerprint density at radius 2 is 2.27 bits per heavy atom. The number of anilines is 2. The Balaban J connectivity index is 0.00000144. The predicted octanol–water partition coefficient (Wildman–Crippen LogP) is 2.28. The van der Waals surface area contributed by atoms with E-state index in [1.165, 1.54) is 18.4 Å². The molecule has 0 aromatic carbocycles. The second kappa shape index (κ2) is 6.06. The van der Waals surface area contributed by atoms with Gasteiger partial charge in [0.1, 0.15) is 0 Å². The quantitative estimate of drug-likeness (QED) is 0.909. The van der Waals surface area contributed by atoms with E-state index in [4.69, 9.17) is 0 Å². The maximum absolute atomic E-state index is 4.64. The largest absolute Gasteiger partial charge is 0.321 e. The molecule has 1 fully saturated rings. The van der Waals surface area contributed by atoms with Crippen LogP contribution in [0.25, 0.3) is 5.57 Å². The molecule has 1 saturated heterocycles. The van der Waals surface area contributed by atoms with Gasteiger partial charge in [0.05, 0.1) is 17.6 Å². The number of halogens is 1.